The summed E-state index contributed by atoms with van der Waals surface area (Å²) >= 11 is 4.93. The quantitative estimate of drug-likeness (QED) is 0.942. The highest BCUT2D eigenvalue weighted by molar-refractivity contribution is 9.10. The van der Waals surface area contributed by atoms with Crippen molar-refractivity contribution in [2.45, 2.75) is 19.5 Å². The van der Waals surface area contributed by atoms with Crippen molar-refractivity contribution in [1.82, 2.24) is 14.9 Å². The molecule has 1 N–H and O–H groups in total. The zero-order chi connectivity index (χ0) is 11.4. The minimum atomic E-state index is 0.289. The van der Waals surface area contributed by atoms with Crippen LogP contribution in [-0.2, 0) is 6.54 Å². The van der Waals surface area contributed by atoms with Gasteiger partial charge >= 0.3 is 0 Å². The van der Waals surface area contributed by atoms with Crippen LogP contribution >= 0.6 is 27.5 Å². The molecule has 84 valence electrons. The zero-order valence-corrected chi connectivity index (χ0v) is 11.3. The van der Waals surface area contributed by atoms with Gasteiger partial charge < -0.3 is 5.32 Å². The Morgan fingerprint density at radius 2 is 2.25 bits per heavy atom. The summed E-state index contributed by atoms with van der Waals surface area (Å²) in [4.78, 5) is 0. The summed E-state index contributed by atoms with van der Waals surface area (Å²) < 4.78 is 4.96. The number of nitrogens with zero attached hydrogens (tertiary/aromatic N) is 2. The van der Waals surface area contributed by atoms with Crippen molar-refractivity contribution in [1.29, 1.82) is 0 Å². The number of hydrogen-bond acceptors (Lipinski definition) is 4. The van der Waals surface area contributed by atoms with Gasteiger partial charge in [0, 0.05) is 22.4 Å². The lowest BCUT2D eigenvalue weighted by Gasteiger charge is -2.14. The number of benzene rings is 1. The van der Waals surface area contributed by atoms with E-state index in [4.69, 9.17) is 0 Å². The summed E-state index contributed by atoms with van der Waals surface area (Å²) in [6.45, 7) is 2.89. The van der Waals surface area contributed by atoms with E-state index < -0.39 is 0 Å². The molecule has 2 rings (SSSR count). The van der Waals surface area contributed by atoms with E-state index in [-0.39, 0.29) is 6.04 Å². The first kappa shape index (κ1) is 11.7. The van der Waals surface area contributed by atoms with E-state index >= 15 is 0 Å². The molecular formula is C11H12BrN3S. The molecule has 0 spiro atoms. The predicted molar refractivity (Wildman–Crippen MR) is 69.3 cm³/mol. The lowest BCUT2D eigenvalue weighted by molar-refractivity contribution is 0.565. The fraction of sp³-hybridized carbons (Fsp3) is 0.273. The molecule has 1 aromatic carbocycles. The Kier molecular flexibility index (Phi) is 4.04. The maximum absolute atomic E-state index is 4.00. The fourth-order valence-corrected chi connectivity index (χ4v) is 2.53. The van der Waals surface area contributed by atoms with Crippen molar-refractivity contribution < 1.29 is 0 Å². The Balaban J connectivity index is 1.98. The largest absolute Gasteiger partial charge is 0.304 e. The molecule has 3 nitrogen and oxygen atoms in total. The topological polar surface area (TPSA) is 37.8 Å². The highest BCUT2D eigenvalue weighted by Crippen LogP contribution is 2.22. The normalized spacial score (nSPS) is 12.6. The summed E-state index contributed by atoms with van der Waals surface area (Å²) in [5.41, 5.74) is 2.24. The Morgan fingerprint density at radius 3 is 2.94 bits per heavy atom. The first-order valence-electron chi connectivity index (χ1n) is 5.01. The van der Waals surface area contributed by atoms with Crippen molar-refractivity contribution in [2.75, 3.05) is 0 Å². The third kappa shape index (κ3) is 2.87. The van der Waals surface area contributed by atoms with Crippen LogP contribution in [0.15, 0.2) is 34.1 Å². The summed E-state index contributed by atoms with van der Waals surface area (Å²) in [5.74, 6) is 0. The predicted octanol–water partition coefficient (Wildman–Crippen LogP) is 3.15. The van der Waals surface area contributed by atoms with E-state index in [2.05, 4.69) is 49.9 Å². The van der Waals surface area contributed by atoms with Gasteiger partial charge in [0.25, 0.3) is 0 Å². The Morgan fingerprint density at radius 1 is 1.44 bits per heavy atom. The molecule has 0 radical (unpaired) electrons. The molecule has 0 aliphatic heterocycles. The Labute approximate surface area is 107 Å². The average molecular weight is 298 g/mol. The van der Waals surface area contributed by atoms with Gasteiger partial charge in [-0.1, -0.05) is 38.6 Å². The lowest BCUT2D eigenvalue weighted by Crippen LogP contribution is -2.18. The molecular weight excluding hydrogens is 286 g/mol. The molecule has 16 heavy (non-hydrogen) atoms. The first-order chi connectivity index (χ1) is 7.77. The second-order valence-electron chi connectivity index (χ2n) is 3.52. The van der Waals surface area contributed by atoms with Crippen molar-refractivity contribution in [3.8, 4) is 0 Å². The van der Waals surface area contributed by atoms with Crippen LogP contribution in [0.2, 0.25) is 0 Å². The highest BCUT2D eigenvalue weighted by atomic mass is 79.9. The van der Waals surface area contributed by atoms with Gasteiger partial charge in [-0.3, -0.25) is 0 Å². The van der Waals surface area contributed by atoms with E-state index in [9.17, 15) is 0 Å². The van der Waals surface area contributed by atoms with Gasteiger partial charge in [0.1, 0.15) is 0 Å². The number of halogens is 1. The molecule has 1 aromatic heterocycles. The van der Waals surface area contributed by atoms with Crippen molar-refractivity contribution in [3.63, 3.8) is 0 Å². The van der Waals surface area contributed by atoms with Crippen LogP contribution in [0.5, 0.6) is 0 Å². The Hall–Kier alpha value is -0.780. The third-order valence-electron chi connectivity index (χ3n) is 2.37. The van der Waals surface area contributed by atoms with Crippen molar-refractivity contribution >= 4 is 27.5 Å². The van der Waals surface area contributed by atoms with E-state index in [1.54, 1.807) is 0 Å². The molecule has 1 atom stereocenters. The van der Waals surface area contributed by atoms with E-state index in [0.29, 0.717) is 0 Å². The summed E-state index contributed by atoms with van der Waals surface area (Å²) in [6.07, 6.45) is 0. The van der Waals surface area contributed by atoms with Crippen LogP contribution in [0, 0.1) is 0 Å². The smallest absolute Gasteiger partial charge is 0.0893 e. The molecule has 5 heteroatoms. The summed E-state index contributed by atoms with van der Waals surface area (Å²) in [5, 5.41) is 9.37. The van der Waals surface area contributed by atoms with Gasteiger partial charge in [-0.25, -0.2) is 0 Å². The van der Waals surface area contributed by atoms with Crippen molar-refractivity contribution in [2.24, 2.45) is 0 Å². The van der Waals surface area contributed by atoms with Gasteiger partial charge in [-0.15, -0.1) is 5.10 Å². The molecule has 2 aromatic rings. The maximum Gasteiger partial charge on any atom is 0.0893 e. The molecule has 0 unspecified atom stereocenters. The van der Waals surface area contributed by atoms with Crippen LogP contribution < -0.4 is 5.32 Å². The van der Waals surface area contributed by atoms with Crippen LogP contribution in [0.25, 0.3) is 0 Å². The fourth-order valence-electron chi connectivity index (χ4n) is 1.45. The van der Waals surface area contributed by atoms with Crippen LogP contribution in [0.3, 0.4) is 0 Å². The molecule has 0 aliphatic carbocycles. The van der Waals surface area contributed by atoms with Gasteiger partial charge in [-0.05, 0) is 30.1 Å². The maximum atomic E-state index is 4.00. The second kappa shape index (κ2) is 5.52. The SMILES string of the molecule is C[C@@H](NCc1csnn1)c1ccccc1Br. The number of nitrogens with one attached hydrogen (secondary N) is 1. The van der Waals surface area contributed by atoms with Crippen LogP contribution in [0.4, 0.5) is 0 Å². The minimum Gasteiger partial charge on any atom is -0.304 e. The molecule has 0 bridgehead atoms. The highest BCUT2D eigenvalue weighted by Gasteiger charge is 2.08. The zero-order valence-electron chi connectivity index (χ0n) is 8.85. The Bertz CT molecular complexity index is 444. The third-order valence-corrected chi connectivity index (χ3v) is 3.64. The number of aromatic nitrogens is 2. The van der Waals surface area contributed by atoms with Gasteiger partial charge in [-0.2, -0.15) is 0 Å². The average Bonchev–Trinajstić information content (AvgIpc) is 2.79. The summed E-state index contributed by atoms with van der Waals surface area (Å²) in [7, 11) is 0. The lowest BCUT2D eigenvalue weighted by atomic mass is 10.1. The molecule has 0 saturated heterocycles. The summed E-state index contributed by atoms with van der Waals surface area (Å²) in [6, 6.07) is 8.52. The monoisotopic (exact) mass is 297 g/mol. The van der Waals surface area contributed by atoms with Crippen LogP contribution in [0.1, 0.15) is 24.2 Å². The molecule has 1 heterocycles. The van der Waals surface area contributed by atoms with Gasteiger partial charge in [0.05, 0.1) is 5.69 Å². The van der Waals surface area contributed by atoms with Gasteiger partial charge in [0.15, 0.2) is 0 Å². The molecule has 0 saturated carbocycles. The van der Waals surface area contributed by atoms with E-state index in [0.717, 1.165) is 16.7 Å². The molecule has 0 amide bonds. The number of rotatable bonds is 4. The number of hydrogen-bond donors (Lipinski definition) is 1. The second-order valence-corrected chi connectivity index (χ2v) is 4.98. The van der Waals surface area contributed by atoms with E-state index in [1.807, 2.05) is 17.5 Å². The van der Waals surface area contributed by atoms with Gasteiger partial charge in [0.2, 0.25) is 0 Å². The standard InChI is InChI=1S/C11H12BrN3S/c1-8(10-4-2-3-5-11(10)12)13-6-9-7-16-15-14-9/h2-5,7-8,13H,6H2,1H3/t8-/m1/s1. The molecule has 0 aliphatic rings. The van der Waals surface area contributed by atoms with Crippen LogP contribution in [-0.4, -0.2) is 9.59 Å². The first-order valence-corrected chi connectivity index (χ1v) is 6.64. The van der Waals surface area contributed by atoms with Crippen molar-refractivity contribution in [3.05, 3.63) is 45.4 Å². The minimum absolute atomic E-state index is 0.289. The molecule has 0 fully saturated rings. The van der Waals surface area contributed by atoms with E-state index in [1.165, 1.54) is 17.1 Å².